The monoisotopic (exact) mass is 417 g/mol. The van der Waals surface area contributed by atoms with Gasteiger partial charge in [0.05, 0.1) is 23.1 Å². The molecule has 2 aromatic heterocycles. The molecule has 1 amide bonds. The Bertz CT molecular complexity index is 1260. The first-order chi connectivity index (χ1) is 14.6. The number of rotatable bonds is 5. The molecule has 1 aliphatic rings. The van der Waals surface area contributed by atoms with E-state index in [1.807, 2.05) is 43.3 Å². The highest BCUT2D eigenvalue weighted by Gasteiger charge is 2.23. The highest BCUT2D eigenvalue weighted by Crippen LogP contribution is 2.33. The number of halogens is 1. The number of fused-ring (bicyclic) bond motifs is 1. The van der Waals surface area contributed by atoms with Crippen LogP contribution in [0.1, 0.15) is 29.0 Å². The van der Waals surface area contributed by atoms with Crippen LogP contribution in [0, 0.1) is 12.8 Å². The summed E-state index contributed by atoms with van der Waals surface area (Å²) >= 11 is 6.60. The minimum Gasteiger partial charge on any atom is -0.350 e. The van der Waals surface area contributed by atoms with E-state index in [1.165, 1.54) is 12.8 Å². The summed E-state index contributed by atoms with van der Waals surface area (Å²) in [5.41, 5.74) is 5.63. The van der Waals surface area contributed by atoms with Gasteiger partial charge in [0.2, 0.25) is 0 Å². The quantitative estimate of drug-likeness (QED) is 0.489. The second-order valence-corrected chi connectivity index (χ2v) is 8.13. The highest BCUT2D eigenvalue weighted by atomic mass is 35.5. The predicted octanol–water partition coefficient (Wildman–Crippen LogP) is 4.79. The summed E-state index contributed by atoms with van der Waals surface area (Å²) in [6.07, 6.45) is 5.84. The minimum atomic E-state index is -0.137. The minimum absolute atomic E-state index is 0.137. The number of carbonyl (C=O) groups excluding carboxylic acids is 1. The molecule has 2 heterocycles. The second-order valence-electron chi connectivity index (χ2n) is 7.73. The lowest BCUT2D eigenvalue weighted by Crippen LogP contribution is -2.26. The summed E-state index contributed by atoms with van der Waals surface area (Å²) in [7, 11) is 0. The maximum absolute atomic E-state index is 12.4. The van der Waals surface area contributed by atoms with Crippen LogP contribution in [0.5, 0.6) is 0 Å². The Labute approximate surface area is 178 Å². The van der Waals surface area contributed by atoms with Gasteiger partial charge < -0.3 is 5.32 Å². The van der Waals surface area contributed by atoms with Crippen molar-refractivity contribution in [2.45, 2.75) is 19.8 Å². The molecule has 1 aliphatic carbocycles. The topological polar surface area (TPSA) is 83.6 Å². The molecule has 4 aromatic rings. The first-order valence-electron chi connectivity index (χ1n) is 9.94. The van der Waals surface area contributed by atoms with Crippen molar-refractivity contribution >= 4 is 28.4 Å². The molecule has 2 N–H and O–H groups in total. The number of carbonyl (C=O) groups is 1. The van der Waals surface area contributed by atoms with E-state index in [9.17, 15) is 4.79 Å². The number of hydrogen-bond donors (Lipinski definition) is 2. The van der Waals surface area contributed by atoms with Crippen molar-refractivity contribution in [3.63, 3.8) is 0 Å². The Hall–Kier alpha value is -3.25. The number of nitrogens with one attached hydrogen (secondary N) is 2. The van der Waals surface area contributed by atoms with Crippen LogP contribution < -0.4 is 5.32 Å². The zero-order chi connectivity index (χ0) is 20.7. The number of aromatic nitrogens is 4. The fraction of sp³-hybridized carbons (Fsp3) is 0.217. The molecule has 1 fully saturated rings. The van der Waals surface area contributed by atoms with Gasteiger partial charge in [0.15, 0.2) is 5.69 Å². The van der Waals surface area contributed by atoms with E-state index in [0.717, 1.165) is 45.5 Å². The SMILES string of the molecule is Cc1cncc(-c2ccc(-c3ccc4c(C(=O)NCC5CC5)n[nH]c4c3)c(Cl)c2)n1. The molecular formula is C23H20ClN5O. The lowest BCUT2D eigenvalue weighted by atomic mass is 10.0. The number of aryl methyl sites for hydroxylation is 1. The summed E-state index contributed by atoms with van der Waals surface area (Å²) in [5.74, 6) is 0.490. The van der Waals surface area contributed by atoms with Crippen molar-refractivity contribution in [2.24, 2.45) is 5.92 Å². The maximum Gasteiger partial charge on any atom is 0.272 e. The number of aromatic amines is 1. The summed E-state index contributed by atoms with van der Waals surface area (Å²) in [5, 5.41) is 11.6. The van der Waals surface area contributed by atoms with Crippen LogP contribution in [0.25, 0.3) is 33.3 Å². The molecule has 0 saturated heterocycles. The summed E-state index contributed by atoms with van der Waals surface area (Å²) < 4.78 is 0. The van der Waals surface area contributed by atoms with Gasteiger partial charge in [0, 0.05) is 34.3 Å². The van der Waals surface area contributed by atoms with Gasteiger partial charge in [-0.2, -0.15) is 5.10 Å². The number of nitrogens with zero attached hydrogens (tertiary/aromatic N) is 3. The van der Waals surface area contributed by atoms with Crippen molar-refractivity contribution in [1.82, 2.24) is 25.5 Å². The third-order valence-electron chi connectivity index (χ3n) is 5.36. The molecule has 5 rings (SSSR count). The van der Waals surface area contributed by atoms with Gasteiger partial charge in [-0.1, -0.05) is 29.8 Å². The molecule has 0 bridgehead atoms. The smallest absolute Gasteiger partial charge is 0.272 e. The molecule has 1 saturated carbocycles. The number of amides is 1. The zero-order valence-corrected chi connectivity index (χ0v) is 17.2. The Kier molecular flexibility index (Phi) is 4.71. The van der Waals surface area contributed by atoms with Gasteiger partial charge in [0.25, 0.3) is 5.91 Å². The zero-order valence-electron chi connectivity index (χ0n) is 16.4. The fourth-order valence-corrected chi connectivity index (χ4v) is 3.80. The van der Waals surface area contributed by atoms with Crippen LogP contribution in [-0.2, 0) is 0 Å². The van der Waals surface area contributed by atoms with Gasteiger partial charge >= 0.3 is 0 Å². The third-order valence-corrected chi connectivity index (χ3v) is 5.67. The highest BCUT2D eigenvalue weighted by molar-refractivity contribution is 6.33. The summed E-state index contributed by atoms with van der Waals surface area (Å²) in [6.45, 7) is 2.63. The summed E-state index contributed by atoms with van der Waals surface area (Å²) in [4.78, 5) is 21.1. The van der Waals surface area contributed by atoms with Crippen LogP contribution in [0.15, 0.2) is 48.8 Å². The van der Waals surface area contributed by atoms with Crippen LogP contribution in [-0.4, -0.2) is 32.6 Å². The van der Waals surface area contributed by atoms with Crippen LogP contribution in [0.2, 0.25) is 5.02 Å². The molecule has 7 heteroatoms. The Morgan fingerprint density at radius 1 is 1.17 bits per heavy atom. The van der Waals surface area contributed by atoms with Crippen molar-refractivity contribution in [2.75, 3.05) is 6.54 Å². The van der Waals surface area contributed by atoms with E-state index in [-0.39, 0.29) is 5.91 Å². The van der Waals surface area contributed by atoms with E-state index in [2.05, 4.69) is 25.5 Å². The first kappa shape index (κ1) is 18.8. The molecule has 150 valence electrons. The Morgan fingerprint density at radius 2 is 2.00 bits per heavy atom. The van der Waals surface area contributed by atoms with Gasteiger partial charge in [-0.05, 0) is 49.4 Å². The van der Waals surface area contributed by atoms with E-state index in [0.29, 0.717) is 16.6 Å². The molecule has 2 aromatic carbocycles. The maximum atomic E-state index is 12.4. The number of H-pyrrole nitrogens is 1. The van der Waals surface area contributed by atoms with Crippen LogP contribution in [0.4, 0.5) is 0 Å². The molecule has 0 aliphatic heterocycles. The first-order valence-corrected chi connectivity index (χ1v) is 10.3. The summed E-state index contributed by atoms with van der Waals surface area (Å²) in [6, 6.07) is 11.7. The lowest BCUT2D eigenvalue weighted by molar-refractivity contribution is 0.0948. The Morgan fingerprint density at radius 3 is 2.77 bits per heavy atom. The average Bonchev–Trinajstić information content (AvgIpc) is 3.48. The molecular weight excluding hydrogens is 398 g/mol. The third kappa shape index (κ3) is 3.66. The normalized spacial score (nSPS) is 13.5. The predicted molar refractivity (Wildman–Crippen MR) is 117 cm³/mol. The fourth-order valence-electron chi connectivity index (χ4n) is 3.51. The van der Waals surface area contributed by atoms with Crippen molar-refractivity contribution in [3.05, 3.63) is 65.2 Å². The van der Waals surface area contributed by atoms with E-state index >= 15 is 0 Å². The molecule has 30 heavy (non-hydrogen) atoms. The Balaban J connectivity index is 1.44. The molecule has 0 radical (unpaired) electrons. The standard InChI is InChI=1S/C23H20ClN5O/c1-13-10-25-12-21(27-13)16-5-6-17(19(24)8-16)15-4-7-18-20(9-15)28-29-22(18)23(30)26-11-14-2-3-14/h4-10,12,14H,2-3,11H2,1H3,(H,26,30)(H,28,29). The van der Waals surface area contributed by atoms with E-state index in [1.54, 1.807) is 12.4 Å². The second kappa shape index (κ2) is 7.54. The molecule has 0 spiro atoms. The van der Waals surface area contributed by atoms with E-state index in [4.69, 9.17) is 11.6 Å². The van der Waals surface area contributed by atoms with Gasteiger partial charge in [-0.15, -0.1) is 0 Å². The molecule has 0 unspecified atom stereocenters. The number of benzene rings is 2. The largest absolute Gasteiger partial charge is 0.350 e. The van der Waals surface area contributed by atoms with Gasteiger partial charge in [-0.3, -0.25) is 14.9 Å². The van der Waals surface area contributed by atoms with Crippen molar-refractivity contribution < 1.29 is 4.79 Å². The van der Waals surface area contributed by atoms with Crippen molar-refractivity contribution in [1.29, 1.82) is 0 Å². The van der Waals surface area contributed by atoms with Crippen LogP contribution >= 0.6 is 11.6 Å². The lowest BCUT2D eigenvalue weighted by Gasteiger charge is -2.08. The van der Waals surface area contributed by atoms with Crippen LogP contribution in [0.3, 0.4) is 0 Å². The van der Waals surface area contributed by atoms with Gasteiger partial charge in [-0.25, -0.2) is 4.98 Å². The van der Waals surface area contributed by atoms with Gasteiger partial charge in [0.1, 0.15) is 0 Å². The number of hydrogen-bond acceptors (Lipinski definition) is 4. The van der Waals surface area contributed by atoms with Crippen molar-refractivity contribution in [3.8, 4) is 22.4 Å². The molecule has 0 atom stereocenters. The molecule has 6 nitrogen and oxygen atoms in total. The average molecular weight is 418 g/mol. The van der Waals surface area contributed by atoms with E-state index < -0.39 is 0 Å².